The molecule has 0 unspecified atom stereocenters. The lowest BCUT2D eigenvalue weighted by Gasteiger charge is -2.13. The topological polar surface area (TPSA) is 79.7 Å². The monoisotopic (exact) mass is 171 g/mol. The third kappa shape index (κ3) is 3.06. The Bertz CT molecular complexity index is 163. The summed E-state index contributed by atoms with van der Waals surface area (Å²) in [6, 6.07) is 0.785. The fourth-order valence-corrected chi connectivity index (χ4v) is 1.07. The minimum absolute atomic E-state index is 0.305. The van der Waals surface area contributed by atoms with Crippen LogP contribution in [-0.4, -0.2) is 37.0 Å². The molecule has 5 nitrogen and oxygen atoms in total. The molecule has 0 radical (unpaired) electrons. The Balaban J connectivity index is 2.07. The summed E-state index contributed by atoms with van der Waals surface area (Å²) in [4.78, 5) is 6.31. The second-order valence-electron chi connectivity index (χ2n) is 3.12. The largest absolute Gasteiger partial charge is 0.369 e. The molecule has 12 heavy (non-hydrogen) atoms. The van der Waals surface area contributed by atoms with Gasteiger partial charge in [-0.3, -0.25) is 10.4 Å². The van der Waals surface area contributed by atoms with Crippen LogP contribution in [0.15, 0.2) is 4.99 Å². The van der Waals surface area contributed by atoms with Crippen molar-refractivity contribution in [2.75, 3.05) is 20.1 Å². The highest BCUT2D eigenvalue weighted by Crippen LogP contribution is 2.24. The zero-order valence-corrected chi connectivity index (χ0v) is 7.45. The Labute approximate surface area is 72.8 Å². The Morgan fingerprint density at radius 1 is 1.67 bits per heavy atom. The van der Waals surface area contributed by atoms with Gasteiger partial charge in [0.1, 0.15) is 0 Å². The van der Waals surface area contributed by atoms with Crippen molar-refractivity contribution in [1.82, 2.24) is 10.3 Å². The molecular weight excluding hydrogens is 154 g/mol. The molecule has 0 amide bonds. The van der Waals surface area contributed by atoms with E-state index in [0.717, 1.165) is 12.6 Å². The number of nitrogens with one attached hydrogen (secondary N) is 1. The maximum absolute atomic E-state index is 5.35. The molecular formula is C7H17N5. The molecule has 1 aliphatic carbocycles. The van der Waals surface area contributed by atoms with E-state index in [1.807, 2.05) is 0 Å². The molecule has 0 spiro atoms. The highest BCUT2D eigenvalue weighted by atomic mass is 15.3. The lowest BCUT2D eigenvalue weighted by atomic mass is 10.5. The molecule has 0 heterocycles. The zero-order valence-electron chi connectivity index (χ0n) is 7.45. The predicted molar refractivity (Wildman–Crippen MR) is 49.5 cm³/mol. The molecule has 1 aliphatic rings. The molecule has 70 valence electrons. The van der Waals surface area contributed by atoms with Gasteiger partial charge < -0.3 is 10.6 Å². The highest BCUT2D eigenvalue weighted by Gasteiger charge is 2.25. The van der Waals surface area contributed by atoms with E-state index < -0.39 is 0 Å². The third-order valence-electron chi connectivity index (χ3n) is 2.05. The third-order valence-corrected chi connectivity index (χ3v) is 2.05. The second-order valence-corrected chi connectivity index (χ2v) is 3.12. The van der Waals surface area contributed by atoms with Crippen molar-refractivity contribution in [3.63, 3.8) is 0 Å². The van der Waals surface area contributed by atoms with Crippen LogP contribution in [-0.2, 0) is 0 Å². The molecule has 1 saturated carbocycles. The number of hydrogen-bond donors (Lipinski definition) is 3. The van der Waals surface area contributed by atoms with Gasteiger partial charge in [0.15, 0.2) is 0 Å². The maximum Gasteiger partial charge on any atom is 0.203 e. The summed E-state index contributed by atoms with van der Waals surface area (Å²) in [6.45, 7) is 1.66. The molecule has 5 N–H and O–H groups in total. The van der Waals surface area contributed by atoms with Gasteiger partial charge >= 0.3 is 0 Å². The SMILES string of the molecule is CN(CCN=C(N)NN)C1CC1. The van der Waals surface area contributed by atoms with Crippen molar-refractivity contribution in [2.24, 2.45) is 16.6 Å². The van der Waals surface area contributed by atoms with E-state index in [0.29, 0.717) is 12.5 Å². The number of rotatable bonds is 4. The summed E-state index contributed by atoms with van der Waals surface area (Å²) in [5, 5.41) is 0. The number of nitrogens with two attached hydrogens (primary N) is 2. The summed E-state index contributed by atoms with van der Waals surface area (Å²) in [5.74, 6) is 5.35. The lowest BCUT2D eigenvalue weighted by Crippen LogP contribution is -2.37. The Morgan fingerprint density at radius 2 is 2.33 bits per heavy atom. The molecule has 0 aromatic rings. The number of aliphatic imine (C=N–C) groups is 1. The van der Waals surface area contributed by atoms with E-state index in [1.54, 1.807) is 0 Å². The molecule has 0 saturated heterocycles. The molecule has 0 aromatic carbocycles. The second kappa shape index (κ2) is 4.27. The van der Waals surface area contributed by atoms with Crippen LogP contribution in [0.4, 0.5) is 0 Å². The summed E-state index contributed by atoms with van der Waals surface area (Å²) < 4.78 is 0. The average molecular weight is 171 g/mol. The first-order valence-electron chi connectivity index (χ1n) is 4.21. The minimum Gasteiger partial charge on any atom is -0.369 e. The van der Waals surface area contributed by atoms with E-state index >= 15 is 0 Å². The molecule has 0 bridgehead atoms. The molecule has 0 aromatic heterocycles. The van der Waals surface area contributed by atoms with Crippen LogP contribution in [0, 0.1) is 0 Å². The normalized spacial score (nSPS) is 18.4. The van der Waals surface area contributed by atoms with Crippen molar-refractivity contribution in [1.29, 1.82) is 0 Å². The van der Waals surface area contributed by atoms with Crippen LogP contribution in [0.3, 0.4) is 0 Å². The van der Waals surface area contributed by atoms with Crippen molar-refractivity contribution in [3.05, 3.63) is 0 Å². The van der Waals surface area contributed by atoms with E-state index in [2.05, 4.69) is 22.4 Å². The van der Waals surface area contributed by atoms with E-state index in [1.165, 1.54) is 12.8 Å². The van der Waals surface area contributed by atoms with E-state index in [-0.39, 0.29) is 0 Å². The van der Waals surface area contributed by atoms with Crippen LogP contribution in [0.5, 0.6) is 0 Å². The molecule has 0 atom stereocenters. The van der Waals surface area contributed by atoms with Gasteiger partial charge in [0.25, 0.3) is 0 Å². The van der Waals surface area contributed by atoms with Gasteiger partial charge in [0.05, 0.1) is 6.54 Å². The van der Waals surface area contributed by atoms with Gasteiger partial charge in [0.2, 0.25) is 5.96 Å². The Hall–Kier alpha value is -0.810. The van der Waals surface area contributed by atoms with Gasteiger partial charge in [-0.1, -0.05) is 0 Å². The van der Waals surface area contributed by atoms with E-state index in [4.69, 9.17) is 11.6 Å². The summed E-state index contributed by atoms with van der Waals surface area (Å²) in [5.41, 5.74) is 7.64. The molecule has 5 heteroatoms. The fourth-order valence-electron chi connectivity index (χ4n) is 1.07. The number of guanidine groups is 1. The van der Waals surface area contributed by atoms with Crippen LogP contribution >= 0.6 is 0 Å². The molecule has 1 rings (SSSR count). The number of nitrogens with zero attached hydrogens (tertiary/aromatic N) is 2. The van der Waals surface area contributed by atoms with Crippen LogP contribution < -0.4 is 17.0 Å². The first-order valence-corrected chi connectivity index (χ1v) is 4.21. The Morgan fingerprint density at radius 3 is 2.83 bits per heavy atom. The lowest BCUT2D eigenvalue weighted by molar-refractivity contribution is 0.334. The standard InChI is InChI=1S/C7H17N5/c1-12(6-2-3-6)5-4-10-7(8)11-9/h6H,2-5,9H2,1H3,(H3,8,10,11). The first kappa shape index (κ1) is 9.28. The van der Waals surface area contributed by atoms with Crippen molar-refractivity contribution in [3.8, 4) is 0 Å². The smallest absolute Gasteiger partial charge is 0.203 e. The van der Waals surface area contributed by atoms with Gasteiger partial charge in [-0.05, 0) is 19.9 Å². The van der Waals surface area contributed by atoms with Gasteiger partial charge in [-0.25, -0.2) is 5.84 Å². The predicted octanol–water partition coefficient (Wildman–Crippen LogP) is -1.14. The van der Waals surface area contributed by atoms with Gasteiger partial charge in [0, 0.05) is 12.6 Å². The number of likely N-dealkylation sites (N-methyl/N-ethyl adjacent to an activating group) is 1. The number of hydrogen-bond acceptors (Lipinski definition) is 3. The van der Waals surface area contributed by atoms with Crippen molar-refractivity contribution in [2.45, 2.75) is 18.9 Å². The quantitative estimate of drug-likeness (QED) is 0.216. The van der Waals surface area contributed by atoms with Gasteiger partial charge in [-0.2, -0.15) is 0 Å². The number of hydrazine groups is 1. The fraction of sp³-hybridized carbons (Fsp3) is 0.857. The van der Waals surface area contributed by atoms with Crippen molar-refractivity contribution < 1.29 is 0 Å². The van der Waals surface area contributed by atoms with Crippen molar-refractivity contribution >= 4 is 5.96 Å². The molecule has 1 fully saturated rings. The van der Waals surface area contributed by atoms with Crippen LogP contribution in [0.25, 0.3) is 0 Å². The average Bonchev–Trinajstić information content (AvgIpc) is 2.86. The minimum atomic E-state index is 0.305. The zero-order chi connectivity index (χ0) is 8.97. The summed E-state index contributed by atoms with van der Waals surface area (Å²) in [7, 11) is 2.11. The summed E-state index contributed by atoms with van der Waals surface area (Å²) >= 11 is 0. The Kier molecular flexibility index (Phi) is 3.31. The molecule has 0 aliphatic heterocycles. The van der Waals surface area contributed by atoms with E-state index in [9.17, 15) is 0 Å². The summed E-state index contributed by atoms with van der Waals surface area (Å²) in [6.07, 6.45) is 2.65. The van der Waals surface area contributed by atoms with Crippen LogP contribution in [0.2, 0.25) is 0 Å². The first-order chi connectivity index (χ1) is 5.74. The maximum atomic E-state index is 5.35. The van der Waals surface area contributed by atoms with Crippen LogP contribution in [0.1, 0.15) is 12.8 Å². The highest BCUT2D eigenvalue weighted by molar-refractivity contribution is 5.77. The van der Waals surface area contributed by atoms with Gasteiger partial charge in [-0.15, -0.1) is 0 Å².